The van der Waals surface area contributed by atoms with Crippen molar-refractivity contribution < 1.29 is 4.42 Å². The summed E-state index contributed by atoms with van der Waals surface area (Å²) in [5.41, 5.74) is 13.3. The average Bonchev–Trinajstić information content (AvgIpc) is 3.98. The number of furan rings is 1. The van der Waals surface area contributed by atoms with Crippen molar-refractivity contribution in [1.82, 2.24) is 19.1 Å². The van der Waals surface area contributed by atoms with Gasteiger partial charge in [-0.1, -0.05) is 143 Å². The Labute approximate surface area is 345 Å². The molecule has 0 aliphatic heterocycles. The molecule has 0 amide bonds. The fraction of sp³-hybridized carbons (Fsp3) is 0.111. The number of aromatic nitrogens is 4. The summed E-state index contributed by atoms with van der Waals surface area (Å²) in [6.45, 7) is 12.0. The Morgan fingerprint density at radius 3 is 1.27 bits per heavy atom. The lowest BCUT2D eigenvalue weighted by Gasteiger charge is -2.09. The van der Waals surface area contributed by atoms with Gasteiger partial charge >= 0.3 is 0 Å². The van der Waals surface area contributed by atoms with Crippen molar-refractivity contribution in [3.63, 3.8) is 0 Å². The molecule has 0 spiro atoms. The number of hydrogen-bond donors (Lipinski definition) is 0. The molecule has 5 heteroatoms. The largest absolute Gasteiger partial charge is 0.452 e. The molecule has 0 saturated carbocycles. The molecule has 0 fully saturated rings. The van der Waals surface area contributed by atoms with Crippen LogP contribution in [0.15, 0.2) is 187 Å². The first-order chi connectivity index (χ1) is 29.2. The van der Waals surface area contributed by atoms with Crippen molar-refractivity contribution >= 4 is 65.7 Å². The minimum Gasteiger partial charge on any atom is -0.452 e. The Morgan fingerprint density at radius 2 is 0.831 bits per heavy atom. The molecular weight excluding hydrogens is 721 g/mol. The van der Waals surface area contributed by atoms with E-state index in [1.54, 1.807) is 6.33 Å². The van der Waals surface area contributed by atoms with Gasteiger partial charge in [0.15, 0.2) is 5.58 Å². The summed E-state index contributed by atoms with van der Waals surface area (Å²) in [6.07, 6.45) is 5.64. The maximum Gasteiger partial charge on any atom is 0.180 e. The van der Waals surface area contributed by atoms with E-state index in [0.717, 1.165) is 50.2 Å². The van der Waals surface area contributed by atoms with Crippen LogP contribution in [0.25, 0.3) is 99.4 Å². The van der Waals surface area contributed by atoms with E-state index >= 15 is 0 Å². The molecule has 4 heterocycles. The average molecular weight is 769 g/mol. The molecule has 4 aromatic heterocycles. The van der Waals surface area contributed by atoms with Gasteiger partial charge in [0, 0.05) is 43.9 Å². The normalized spacial score (nSPS) is 11.2. The van der Waals surface area contributed by atoms with Crippen LogP contribution in [0.4, 0.5) is 0 Å². The second kappa shape index (κ2) is 17.1. The van der Waals surface area contributed by atoms with Crippen molar-refractivity contribution in [2.75, 3.05) is 0 Å². The Hall–Kier alpha value is -7.24. The number of fused-ring (bicyclic) bond motifs is 9. The van der Waals surface area contributed by atoms with Crippen molar-refractivity contribution in [3.05, 3.63) is 182 Å². The van der Waals surface area contributed by atoms with Gasteiger partial charge in [0.25, 0.3) is 0 Å². The molecule has 0 radical (unpaired) electrons. The molecule has 11 aromatic rings. The van der Waals surface area contributed by atoms with Gasteiger partial charge in [0.1, 0.15) is 23.1 Å². The van der Waals surface area contributed by atoms with Gasteiger partial charge in [-0.05, 0) is 85.6 Å². The second-order valence-corrected chi connectivity index (χ2v) is 13.7. The summed E-state index contributed by atoms with van der Waals surface area (Å²) in [5, 5.41) is 5.98. The van der Waals surface area contributed by atoms with Crippen LogP contribution in [0, 0.1) is 0 Å². The van der Waals surface area contributed by atoms with Gasteiger partial charge in [-0.2, -0.15) is 0 Å². The number of rotatable bonds is 4. The summed E-state index contributed by atoms with van der Waals surface area (Å²) in [5.74, 6) is 0. The zero-order valence-electron chi connectivity index (χ0n) is 34.5. The fourth-order valence-electron chi connectivity index (χ4n) is 7.93. The number of hydrogen-bond acceptors (Lipinski definition) is 3. The van der Waals surface area contributed by atoms with E-state index in [-0.39, 0.29) is 0 Å². The van der Waals surface area contributed by atoms with Crippen LogP contribution >= 0.6 is 0 Å². The van der Waals surface area contributed by atoms with Crippen LogP contribution in [0.5, 0.6) is 0 Å². The third-order valence-corrected chi connectivity index (χ3v) is 10.6. The Kier molecular flexibility index (Phi) is 11.2. The van der Waals surface area contributed by atoms with Crippen LogP contribution in [-0.4, -0.2) is 19.1 Å². The number of allylic oxidation sites excluding steroid dienone is 2. The molecule has 0 atom stereocenters. The summed E-state index contributed by atoms with van der Waals surface area (Å²) in [4.78, 5) is 9.42. The van der Waals surface area contributed by atoms with Crippen LogP contribution in [0.1, 0.15) is 41.5 Å². The molecule has 7 aromatic carbocycles. The van der Waals surface area contributed by atoms with E-state index in [1.165, 1.54) is 43.6 Å². The lowest BCUT2D eigenvalue weighted by molar-refractivity contribution is 0.667. The summed E-state index contributed by atoms with van der Waals surface area (Å²) >= 11 is 0. The van der Waals surface area contributed by atoms with Gasteiger partial charge in [-0.3, -0.25) is 0 Å². The lowest BCUT2D eigenvalue weighted by Crippen LogP contribution is -1.94. The van der Waals surface area contributed by atoms with Gasteiger partial charge < -0.3 is 13.6 Å². The van der Waals surface area contributed by atoms with Crippen LogP contribution in [0.3, 0.4) is 0 Å². The molecule has 290 valence electrons. The van der Waals surface area contributed by atoms with Crippen molar-refractivity contribution in [1.29, 1.82) is 0 Å². The van der Waals surface area contributed by atoms with Crippen molar-refractivity contribution in [3.8, 4) is 33.8 Å². The maximum absolute atomic E-state index is 6.46. The Balaban J connectivity index is 0.000000566. The predicted octanol–water partition coefficient (Wildman–Crippen LogP) is 15.5. The Bertz CT molecular complexity index is 3110. The van der Waals surface area contributed by atoms with E-state index in [1.807, 2.05) is 59.8 Å². The molecule has 11 rings (SSSR count). The zero-order chi connectivity index (χ0) is 40.9. The quantitative estimate of drug-likeness (QED) is 0.168. The minimum absolute atomic E-state index is 0.691. The first-order valence-electron chi connectivity index (χ1n) is 20.6. The SMILES string of the molecule is C/C=C\C.CC.CC.c1ccc2c(c1)c1ccccc1n2-c1ccc(-c2ccc3oc4c(-c5ccc(-n6c7ccccc7c7ccccc76)cc5)ncnc4c3c2)cc1. The monoisotopic (exact) mass is 768 g/mol. The van der Waals surface area contributed by atoms with Gasteiger partial charge in [0.05, 0.1) is 22.1 Å². The molecule has 59 heavy (non-hydrogen) atoms. The fourth-order valence-corrected chi connectivity index (χ4v) is 7.93. The highest BCUT2D eigenvalue weighted by Crippen LogP contribution is 2.38. The summed E-state index contributed by atoms with van der Waals surface area (Å²) in [7, 11) is 0. The van der Waals surface area contributed by atoms with Gasteiger partial charge in [-0.25, -0.2) is 9.97 Å². The highest BCUT2D eigenvalue weighted by Gasteiger charge is 2.17. The van der Waals surface area contributed by atoms with Gasteiger partial charge in [-0.15, -0.1) is 0 Å². The maximum atomic E-state index is 6.46. The first kappa shape index (κ1) is 38.6. The van der Waals surface area contributed by atoms with E-state index in [4.69, 9.17) is 14.4 Å². The molecule has 0 unspecified atom stereocenters. The lowest BCUT2D eigenvalue weighted by atomic mass is 10.0. The molecule has 0 N–H and O–H groups in total. The van der Waals surface area contributed by atoms with Crippen molar-refractivity contribution in [2.24, 2.45) is 0 Å². The minimum atomic E-state index is 0.691. The highest BCUT2D eigenvalue weighted by molar-refractivity contribution is 6.11. The van der Waals surface area contributed by atoms with Crippen LogP contribution in [0.2, 0.25) is 0 Å². The molecule has 0 aliphatic carbocycles. The van der Waals surface area contributed by atoms with Crippen LogP contribution < -0.4 is 0 Å². The third kappa shape index (κ3) is 6.85. The van der Waals surface area contributed by atoms with Crippen LogP contribution in [-0.2, 0) is 0 Å². The molecular formula is C54H48N4O. The number of benzene rings is 7. The predicted molar refractivity (Wildman–Crippen MR) is 252 cm³/mol. The number of nitrogens with zero attached hydrogens (tertiary/aromatic N) is 4. The Morgan fingerprint density at radius 1 is 0.424 bits per heavy atom. The summed E-state index contributed by atoms with van der Waals surface area (Å²) < 4.78 is 11.1. The van der Waals surface area contributed by atoms with E-state index in [9.17, 15) is 0 Å². The molecule has 5 nitrogen and oxygen atoms in total. The highest BCUT2D eigenvalue weighted by atomic mass is 16.3. The second-order valence-electron chi connectivity index (χ2n) is 13.7. The first-order valence-corrected chi connectivity index (χ1v) is 20.6. The summed E-state index contributed by atoms with van der Waals surface area (Å²) in [6, 6.07) is 58.0. The topological polar surface area (TPSA) is 48.8 Å². The molecule has 0 bridgehead atoms. The zero-order valence-corrected chi connectivity index (χ0v) is 34.5. The van der Waals surface area contributed by atoms with E-state index < -0.39 is 0 Å². The van der Waals surface area contributed by atoms with E-state index in [0.29, 0.717) is 5.58 Å². The van der Waals surface area contributed by atoms with E-state index in [2.05, 4.69) is 167 Å². The number of para-hydroxylation sites is 4. The standard InChI is InChI=1S/C46H28N4O.C4H8.2C2H6/c1-5-13-39-34(9-1)35-10-2-6-14-40(35)49(39)32-22-17-29(18-23-32)31-21-26-43-38(27-31)45-46(51-43)44(47-28-48-45)30-19-24-33(25-20-30)50-41-15-7-3-11-36(41)37-12-4-8-16-42(37)50;1-3-4-2;2*1-2/h1-28H;3-4H,1-2H3;2*1-2H3/b;4-3-;;. The third-order valence-electron chi connectivity index (χ3n) is 10.6. The van der Waals surface area contributed by atoms with Gasteiger partial charge in [0.2, 0.25) is 0 Å². The van der Waals surface area contributed by atoms with Crippen molar-refractivity contribution in [2.45, 2.75) is 41.5 Å². The molecule has 0 aliphatic rings. The molecule has 0 saturated heterocycles. The smallest absolute Gasteiger partial charge is 0.180 e.